The Morgan fingerprint density at radius 3 is 2.66 bits per heavy atom. The standard InChI is InChI=1S/C25H17BrClNO/c26-19-9-11-21(28-24-17-4-2-1-3-15(17)7-10-20(24)27)25-23(19)18-13-16(14-5-6-14)8-12-22(18)29-25/h1-4,7-14,28H,5-6H2. The summed E-state index contributed by atoms with van der Waals surface area (Å²) in [5.74, 6) is 0.707. The van der Waals surface area contributed by atoms with Crippen molar-refractivity contribution in [1.82, 2.24) is 0 Å². The predicted molar refractivity (Wildman–Crippen MR) is 126 cm³/mol. The molecule has 0 atom stereocenters. The van der Waals surface area contributed by atoms with Crippen LogP contribution in [0, 0.1) is 0 Å². The maximum atomic E-state index is 6.57. The molecule has 4 heteroatoms. The molecule has 0 aliphatic heterocycles. The summed E-state index contributed by atoms with van der Waals surface area (Å²) in [4.78, 5) is 0. The lowest BCUT2D eigenvalue weighted by Gasteiger charge is -2.12. The molecule has 1 N–H and O–H groups in total. The molecule has 5 aromatic rings. The van der Waals surface area contributed by atoms with Gasteiger partial charge in [-0.3, -0.25) is 0 Å². The van der Waals surface area contributed by atoms with Crippen molar-refractivity contribution in [3.8, 4) is 0 Å². The maximum absolute atomic E-state index is 6.57. The number of benzene rings is 4. The van der Waals surface area contributed by atoms with Gasteiger partial charge in [-0.25, -0.2) is 0 Å². The van der Waals surface area contributed by atoms with Crippen LogP contribution in [0.4, 0.5) is 11.4 Å². The Morgan fingerprint density at radius 1 is 0.931 bits per heavy atom. The van der Waals surface area contributed by atoms with Gasteiger partial charge in [-0.05, 0) is 60.0 Å². The molecule has 1 saturated carbocycles. The van der Waals surface area contributed by atoms with E-state index in [1.165, 1.54) is 18.4 Å². The minimum atomic E-state index is 0.687. The minimum absolute atomic E-state index is 0.687. The predicted octanol–water partition coefficient (Wildman–Crippen LogP) is 8.78. The third kappa shape index (κ3) is 2.84. The van der Waals surface area contributed by atoms with Gasteiger partial charge in [-0.15, -0.1) is 0 Å². The van der Waals surface area contributed by atoms with Gasteiger partial charge in [0.05, 0.1) is 16.4 Å². The monoisotopic (exact) mass is 461 g/mol. The van der Waals surface area contributed by atoms with Crippen LogP contribution in [-0.4, -0.2) is 0 Å². The zero-order valence-electron chi connectivity index (χ0n) is 15.5. The largest absolute Gasteiger partial charge is 0.454 e. The van der Waals surface area contributed by atoms with E-state index in [2.05, 4.69) is 57.6 Å². The summed E-state index contributed by atoms with van der Waals surface area (Å²) in [6.45, 7) is 0. The van der Waals surface area contributed by atoms with Crippen molar-refractivity contribution in [2.75, 3.05) is 5.32 Å². The van der Waals surface area contributed by atoms with Gasteiger partial charge < -0.3 is 9.73 Å². The summed E-state index contributed by atoms with van der Waals surface area (Å²) in [6.07, 6.45) is 2.57. The Bertz CT molecular complexity index is 1420. The van der Waals surface area contributed by atoms with E-state index in [9.17, 15) is 0 Å². The molecule has 4 aromatic carbocycles. The average Bonchev–Trinajstić information content (AvgIpc) is 3.51. The molecule has 1 aliphatic carbocycles. The second kappa shape index (κ2) is 6.51. The van der Waals surface area contributed by atoms with Crippen molar-refractivity contribution in [1.29, 1.82) is 0 Å². The number of furan rings is 1. The van der Waals surface area contributed by atoms with Crippen molar-refractivity contribution in [2.24, 2.45) is 0 Å². The highest BCUT2D eigenvalue weighted by Crippen LogP contribution is 2.45. The molecule has 6 rings (SSSR count). The highest BCUT2D eigenvalue weighted by molar-refractivity contribution is 9.10. The topological polar surface area (TPSA) is 25.2 Å². The van der Waals surface area contributed by atoms with Crippen LogP contribution in [-0.2, 0) is 0 Å². The fourth-order valence-corrected chi connectivity index (χ4v) is 4.87. The smallest absolute Gasteiger partial charge is 0.159 e. The molecule has 1 aromatic heterocycles. The molecule has 29 heavy (non-hydrogen) atoms. The normalized spacial score (nSPS) is 14.1. The number of hydrogen-bond donors (Lipinski definition) is 1. The molecule has 1 heterocycles. The van der Waals surface area contributed by atoms with Gasteiger partial charge in [0.2, 0.25) is 0 Å². The second-order valence-electron chi connectivity index (χ2n) is 7.70. The highest BCUT2D eigenvalue weighted by atomic mass is 79.9. The number of rotatable bonds is 3. The third-order valence-corrected chi connectivity index (χ3v) is 6.75. The van der Waals surface area contributed by atoms with Gasteiger partial charge in [0.15, 0.2) is 5.58 Å². The second-order valence-corrected chi connectivity index (χ2v) is 8.96. The van der Waals surface area contributed by atoms with Crippen molar-refractivity contribution < 1.29 is 4.42 Å². The number of anilines is 2. The van der Waals surface area contributed by atoms with Crippen LogP contribution in [0.3, 0.4) is 0 Å². The van der Waals surface area contributed by atoms with E-state index in [1.807, 2.05) is 30.3 Å². The first kappa shape index (κ1) is 17.4. The number of fused-ring (bicyclic) bond motifs is 4. The molecule has 0 spiro atoms. The Hall–Kier alpha value is -2.49. The van der Waals surface area contributed by atoms with E-state index < -0.39 is 0 Å². The Labute approximate surface area is 181 Å². The summed E-state index contributed by atoms with van der Waals surface area (Å²) in [5.41, 5.74) is 4.95. The zero-order valence-corrected chi connectivity index (χ0v) is 17.8. The van der Waals surface area contributed by atoms with Gasteiger partial charge in [0.25, 0.3) is 0 Å². The van der Waals surface area contributed by atoms with Crippen LogP contribution in [0.15, 0.2) is 75.6 Å². The average molecular weight is 463 g/mol. The lowest BCUT2D eigenvalue weighted by molar-refractivity contribution is 0.670. The molecule has 0 unspecified atom stereocenters. The van der Waals surface area contributed by atoms with Crippen LogP contribution >= 0.6 is 27.5 Å². The van der Waals surface area contributed by atoms with Gasteiger partial charge in [0.1, 0.15) is 5.58 Å². The van der Waals surface area contributed by atoms with Crippen LogP contribution in [0.2, 0.25) is 5.02 Å². The molecule has 0 saturated heterocycles. The molecule has 2 nitrogen and oxygen atoms in total. The fraction of sp³-hybridized carbons (Fsp3) is 0.120. The minimum Gasteiger partial charge on any atom is -0.454 e. The summed E-state index contributed by atoms with van der Waals surface area (Å²) in [5, 5.41) is 8.72. The Balaban J connectivity index is 1.57. The van der Waals surface area contributed by atoms with Gasteiger partial charge in [-0.2, -0.15) is 0 Å². The van der Waals surface area contributed by atoms with E-state index in [1.54, 1.807) is 0 Å². The number of nitrogens with one attached hydrogen (secondary N) is 1. The first-order valence-corrected chi connectivity index (χ1v) is 10.9. The first-order chi connectivity index (χ1) is 14.2. The Kier molecular flexibility index (Phi) is 3.90. The number of hydrogen-bond acceptors (Lipinski definition) is 2. The van der Waals surface area contributed by atoms with Crippen LogP contribution in [0.5, 0.6) is 0 Å². The SMILES string of the molecule is Clc1ccc2ccccc2c1Nc1ccc(Br)c2c1oc1ccc(C3CC3)cc12. The Morgan fingerprint density at radius 2 is 1.79 bits per heavy atom. The van der Waals surface area contributed by atoms with Gasteiger partial charge in [-0.1, -0.05) is 63.9 Å². The quantitative estimate of drug-likeness (QED) is 0.290. The summed E-state index contributed by atoms with van der Waals surface area (Å²) < 4.78 is 7.34. The van der Waals surface area contributed by atoms with Crippen molar-refractivity contribution in [2.45, 2.75) is 18.8 Å². The maximum Gasteiger partial charge on any atom is 0.159 e. The van der Waals surface area contributed by atoms with Crippen molar-refractivity contribution in [3.63, 3.8) is 0 Å². The van der Waals surface area contributed by atoms with Crippen molar-refractivity contribution in [3.05, 3.63) is 81.8 Å². The molecular formula is C25H17BrClNO. The van der Waals surface area contributed by atoms with Crippen LogP contribution in [0.1, 0.15) is 24.3 Å². The molecule has 0 bridgehead atoms. The third-order valence-electron chi connectivity index (χ3n) is 5.78. The molecule has 1 aliphatic rings. The molecule has 0 radical (unpaired) electrons. The number of halogens is 2. The molecule has 142 valence electrons. The molecule has 0 amide bonds. The van der Waals surface area contributed by atoms with E-state index in [0.717, 1.165) is 48.6 Å². The summed E-state index contributed by atoms with van der Waals surface area (Å²) in [6, 6.07) is 22.9. The summed E-state index contributed by atoms with van der Waals surface area (Å²) >= 11 is 10.3. The molecular weight excluding hydrogens is 446 g/mol. The molecule has 1 fully saturated rings. The van der Waals surface area contributed by atoms with E-state index in [0.29, 0.717) is 10.9 Å². The highest BCUT2D eigenvalue weighted by Gasteiger charge is 2.25. The van der Waals surface area contributed by atoms with Crippen LogP contribution < -0.4 is 5.32 Å². The zero-order chi connectivity index (χ0) is 19.5. The van der Waals surface area contributed by atoms with Gasteiger partial charge >= 0.3 is 0 Å². The van der Waals surface area contributed by atoms with E-state index in [4.69, 9.17) is 16.0 Å². The van der Waals surface area contributed by atoms with E-state index >= 15 is 0 Å². The van der Waals surface area contributed by atoms with Crippen molar-refractivity contribution >= 4 is 71.6 Å². The lowest BCUT2D eigenvalue weighted by Crippen LogP contribution is -1.93. The lowest BCUT2D eigenvalue weighted by atomic mass is 10.1. The van der Waals surface area contributed by atoms with E-state index in [-0.39, 0.29) is 0 Å². The van der Waals surface area contributed by atoms with Crippen LogP contribution in [0.25, 0.3) is 32.7 Å². The van der Waals surface area contributed by atoms with Gasteiger partial charge in [0, 0.05) is 20.6 Å². The fourth-order valence-electron chi connectivity index (χ4n) is 4.13. The summed E-state index contributed by atoms with van der Waals surface area (Å²) in [7, 11) is 0. The first-order valence-electron chi connectivity index (χ1n) is 9.78.